The van der Waals surface area contributed by atoms with Gasteiger partial charge in [0.15, 0.2) is 5.13 Å². The molecule has 1 N–H and O–H groups in total. The summed E-state index contributed by atoms with van der Waals surface area (Å²) >= 11 is 4.25. The van der Waals surface area contributed by atoms with Crippen molar-refractivity contribution in [1.29, 1.82) is 0 Å². The van der Waals surface area contributed by atoms with Crippen LogP contribution in [0, 0.1) is 13.8 Å². The number of hydrogen-bond donors (Lipinski definition) is 1. The van der Waals surface area contributed by atoms with Gasteiger partial charge in [0.25, 0.3) is 0 Å². The van der Waals surface area contributed by atoms with E-state index in [0.717, 1.165) is 27.4 Å². The smallest absolute Gasteiger partial charge is 0.305 e. The van der Waals surface area contributed by atoms with Crippen LogP contribution in [0.2, 0.25) is 0 Å². The number of nitrogens with zero attached hydrogens (tertiary/aromatic N) is 3. The Morgan fingerprint density at radius 1 is 0.941 bits per heavy atom. The quantitative estimate of drug-likeness (QED) is 0.336. The largest absolute Gasteiger partial charge is 0.481 e. The zero-order valence-electron chi connectivity index (χ0n) is 18.5. The summed E-state index contributed by atoms with van der Waals surface area (Å²) < 4.78 is 0. The maximum Gasteiger partial charge on any atom is 0.305 e. The van der Waals surface area contributed by atoms with Crippen molar-refractivity contribution in [1.82, 2.24) is 9.97 Å². The molecule has 5 rings (SSSR count). The van der Waals surface area contributed by atoms with Crippen LogP contribution in [0.15, 0.2) is 59.3 Å². The normalized spacial score (nSPS) is 17.9. The second-order valence-corrected chi connectivity index (χ2v) is 11.1. The molecule has 1 aliphatic rings. The van der Waals surface area contributed by atoms with E-state index < -0.39 is 11.2 Å². The molecule has 4 aromatic rings. The van der Waals surface area contributed by atoms with E-state index in [1.165, 1.54) is 40.0 Å². The number of carboxylic acid groups (broad SMARTS) is 1. The number of benzene rings is 2. The van der Waals surface area contributed by atoms with Gasteiger partial charge in [-0.2, -0.15) is 0 Å². The molecule has 1 aliphatic heterocycles. The number of hydrogen-bond acceptors (Lipinski definition) is 7. The monoisotopic (exact) mass is 507 g/mol. The lowest BCUT2D eigenvalue weighted by Gasteiger charge is -2.21. The van der Waals surface area contributed by atoms with Crippen molar-refractivity contribution in [3.8, 4) is 22.0 Å². The number of thiazole rings is 2. The molecular weight excluding hydrogens is 486 g/mol. The molecule has 0 spiro atoms. The summed E-state index contributed by atoms with van der Waals surface area (Å²) in [6, 6.07) is 16.2. The molecule has 2 aromatic heterocycles. The molecule has 6 nitrogen and oxygen atoms in total. The molecular formula is C25H21N3O3S3. The van der Waals surface area contributed by atoms with Gasteiger partial charge in [0, 0.05) is 16.3 Å². The molecule has 3 heterocycles. The Balaban J connectivity index is 1.46. The molecule has 34 heavy (non-hydrogen) atoms. The number of anilines is 1. The maximum absolute atomic E-state index is 13.2. The third-order valence-corrected chi connectivity index (χ3v) is 8.67. The molecule has 1 fully saturated rings. The Kier molecular flexibility index (Phi) is 6.24. The minimum Gasteiger partial charge on any atom is -0.481 e. The predicted octanol–water partition coefficient (Wildman–Crippen LogP) is 6.17. The van der Waals surface area contributed by atoms with Crippen molar-refractivity contribution < 1.29 is 14.7 Å². The number of aliphatic carboxylic acids is 1. The van der Waals surface area contributed by atoms with Crippen LogP contribution >= 0.6 is 34.4 Å². The van der Waals surface area contributed by atoms with Crippen LogP contribution < -0.4 is 4.90 Å². The Labute approximate surface area is 209 Å². The van der Waals surface area contributed by atoms with Gasteiger partial charge in [-0.25, -0.2) is 9.97 Å². The number of carboxylic acids is 1. The number of rotatable bonds is 6. The van der Waals surface area contributed by atoms with Gasteiger partial charge >= 0.3 is 5.97 Å². The number of aryl methyl sites for hydroxylation is 2. The molecule has 0 radical (unpaired) electrons. The Morgan fingerprint density at radius 3 is 2.26 bits per heavy atom. The number of aromatic nitrogens is 2. The number of thioether (sulfide) groups is 1. The predicted molar refractivity (Wildman–Crippen MR) is 138 cm³/mol. The summed E-state index contributed by atoms with van der Waals surface area (Å²) in [5.41, 5.74) is 5.92. The van der Waals surface area contributed by atoms with Gasteiger partial charge in [0.05, 0.1) is 17.4 Å². The van der Waals surface area contributed by atoms with E-state index in [1.54, 1.807) is 4.90 Å². The Morgan fingerprint density at radius 2 is 1.59 bits per heavy atom. The first kappa shape index (κ1) is 22.8. The van der Waals surface area contributed by atoms with E-state index in [0.29, 0.717) is 10.8 Å². The van der Waals surface area contributed by atoms with Gasteiger partial charge in [0.1, 0.15) is 16.1 Å². The van der Waals surface area contributed by atoms with Crippen molar-refractivity contribution in [2.75, 3.05) is 4.90 Å². The molecule has 0 aliphatic carbocycles. The first-order valence-electron chi connectivity index (χ1n) is 10.6. The average molecular weight is 508 g/mol. The molecule has 2 atom stereocenters. The SMILES string of the molecule is Cc1ccc(-c2csc(-c3csc(N4C(=O)C(CC(=O)O)SC4c4ccc(C)cc4)n3)n2)cc1. The highest BCUT2D eigenvalue weighted by molar-refractivity contribution is 8.01. The summed E-state index contributed by atoms with van der Waals surface area (Å²) in [4.78, 5) is 35.8. The summed E-state index contributed by atoms with van der Waals surface area (Å²) in [5, 5.41) is 13.6. The second kappa shape index (κ2) is 9.32. The molecule has 172 valence electrons. The summed E-state index contributed by atoms with van der Waals surface area (Å²) in [7, 11) is 0. The fraction of sp³-hybridized carbons (Fsp3) is 0.200. The summed E-state index contributed by atoms with van der Waals surface area (Å²) in [6.07, 6.45) is -0.215. The third kappa shape index (κ3) is 4.51. The van der Waals surface area contributed by atoms with Crippen LogP contribution in [-0.2, 0) is 9.59 Å². The van der Waals surface area contributed by atoms with Crippen LogP contribution in [0.25, 0.3) is 22.0 Å². The zero-order chi connectivity index (χ0) is 23.8. The highest BCUT2D eigenvalue weighted by Gasteiger charge is 2.44. The van der Waals surface area contributed by atoms with Gasteiger partial charge in [-0.15, -0.1) is 34.4 Å². The molecule has 2 unspecified atom stereocenters. The molecule has 1 saturated heterocycles. The van der Waals surface area contributed by atoms with E-state index in [-0.39, 0.29) is 17.7 Å². The zero-order valence-corrected chi connectivity index (χ0v) is 20.9. The Bertz CT molecular complexity index is 1350. The molecule has 9 heteroatoms. The van der Waals surface area contributed by atoms with Gasteiger partial charge in [-0.05, 0) is 19.4 Å². The summed E-state index contributed by atoms with van der Waals surface area (Å²) in [5.74, 6) is -1.21. The fourth-order valence-corrected chi connectivity index (χ4v) is 6.90. The molecule has 0 saturated carbocycles. The van der Waals surface area contributed by atoms with Crippen LogP contribution in [-0.4, -0.2) is 32.2 Å². The highest BCUT2D eigenvalue weighted by Crippen LogP contribution is 2.48. The van der Waals surface area contributed by atoms with E-state index in [2.05, 4.69) is 31.2 Å². The van der Waals surface area contributed by atoms with Gasteiger partial charge in [0.2, 0.25) is 5.91 Å². The third-order valence-electron chi connectivity index (χ3n) is 5.53. The standard InChI is InChI=1S/C25H21N3O3S3/c1-14-3-7-16(8-4-14)18-12-32-22(26-18)19-13-33-25(27-19)28-23(31)20(11-21(29)30)34-24(28)17-9-5-15(2)6-10-17/h3-10,12-13,20,24H,11H2,1-2H3,(H,29,30). The Hall–Kier alpha value is -3.01. The van der Waals surface area contributed by atoms with Crippen LogP contribution in [0.3, 0.4) is 0 Å². The molecule has 2 aromatic carbocycles. The first-order valence-corrected chi connectivity index (χ1v) is 13.3. The van der Waals surface area contributed by atoms with E-state index in [9.17, 15) is 14.7 Å². The van der Waals surface area contributed by atoms with E-state index in [4.69, 9.17) is 9.97 Å². The lowest BCUT2D eigenvalue weighted by Crippen LogP contribution is -2.31. The van der Waals surface area contributed by atoms with Crippen LogP contribution in [0.4, 0.5) is 5.13 Å². The van der Waals surface area contributed by atoms with Crippen molar-refractivity contribution in [2.45, 2.75) is 30.9 Å². The number of carbonyl (C=O) groups excluding carboxylic acids is 1. The van der Waals surface area contributed by atoms with Gasteiger partial charge in [-0.3, -0.25) is 14.5 Å². The van der Waals surface area contributed by atoms with E-state index >= 15 is 0 Å². The average Bonchev–Trinajstić information content (AvgIpc) is 3.54. The second-order valence-electron chi connectivity index (χ2n) is 8.11. The van der Waals surface area contributed by atoms with Crippen molar-refractivity contribution in [2.24, 2.45) is 0 Å². The van der Waals surface area contributed by atoms with Gasteiger partial charge < -0.3 is 5.11 Å². The topological polar surface area (TPSA) is 83.4 Å². The van der Waals surface area contributed by atoms with Crippen molar-refractivity contribution in [3.63, 3.8) is 0 Å². The van der Waals surface area contributed by atoms with Crippen molar-refractivity contribution in [3.05, 3.63) is 76.0 Å². The number of carbonyl (C=O) groups is 2. The van der Waals surface area contributed by atoms with Crippen LogP contribution in [0.5, 0.6) is 0 Å². The van der Waals surface area contributed by atoms with Crippen LogP contribution in [0.1, 0.15) is 28.5 Å². The minimum atomic E-state index is -0.985. The lowest BCUT2D eigenvalue weighted by atomic mass is 10.1. The van der Waals surface area contributed by atoms with Gasteiger partial charge in [-0.1, -0.05) is 59.7 Å². The maximum atomic E-state index is 13.2. The van der Waals surface area contributed by atoms with E-state index in [1.807, 2.05) is 41.9 Å². The fourth-order valence-electron chi connectivity index (χ4n) is 3.71. The first-order chi connectivity index (χ1) is 16.4. The lowest BCUT2D eigenvalue weighted by molar-refractivity contribution is -0.138. The number of amides is 1. The van der Waals surface area contributed by atoms with Crippen molar-refractivity contribution >= 4 is 51.4 Å². The minimum absolute atomic E-state index is 0.215. The summed E-state index contributed by atoms with van der Waals surface area (Å²) in [6.45, 7) is 4.06. The molecule has 0 bridgehead atoms. The highest BCUT2D eigenvalue weighted by atomic mass is 32.2. The molecule has 1 amide bonds.